The van der Waals surface area contributed by atoms with Gasteiger partial charge in [0, 0.05) is 6.61 Å². The molecule has 3 nitrogen and oxygen atoms in total. The number of nitrogens with two attached hydrogens (primary N) is 1. The molecule has 1 heterocycles. The summed E-state index contributed by atoms with van der Waals surface area (Å²) in [5.74, 6) is 0. The molecule has 0 amide bonds. The predicted molar refractivity (Wildman–Crippen MR) is 36.1 cm³/mol. The van der Waals surface area contributed by atoms with E-state index in [-0.39, 0.29) is 11.4 Å². The van der Waals surface area contributed by atoms with Gasteiger partial charge >= 0.3 is 0 Å². The first-order valence-corrected chi connectivity index (χ1v) is 4.26. The summed E-state index contributed by atoms with van der Waals surface area (Å²) in [6, 6.07) is 0. The summed E-state index contributed by atoms with van der Waals surface area (Å²) < 4.78 is 15.8. The summed E-state index contributed by atoms with van der Waals surface area (Å²) in [7, 11) is -1.20. The minimum atomic E-state index is -1.20. The average molecular weight is 149 g/mol. The Labute approximate surface area is 57.2 Å². The maximum absolute atomic E-state index is 10.7. The van der Waals surface area contributed by atoms with Crippen molar-refractivity contribution in [2.75, 3.05) is 6.61 Å². The molecule has 0 aromatic carbocycles. The standard InChI is InChI=1S/C5H11NO2S/c1-4-5(9(6)7)2-3-8-4/h4-5H,2-3,6H2,1H3. The highest BCUT2D eigenvalue weighted by molar-refractivity contribution is 7.83. The third-order valence-corrected chi connectivity index (χ3v) is 2.82. The van der Waals surface area contributed by atoms with E-state index in [1.54, 1.807) is 0 Å². The van der Waals surface area contributed by atoms with E-state index in [0.717, 1.165) is 6.42 Å². The largest absolute Gasteiger partial charge is 0.377 e. The van der Waals surface area contributed by atoms with E-state index < -0.39 is 11.0 Å². The molecule has 9 heavy (non-hydrogen) atoms. The minimum absolute atomic E-state index is 0.0602. The molecule has 0 saturated carbocycles. The molecule has 2 N–H and O–H groups in total. The first kappa shape index (κ1) is 7.18. The topological polar surface area (TPSA) is 52.3 Å². The fourth-order valence-corrected chi connectivity index (χ4v) is 1.80. The van der Waals surface area contributed by atoms with Crippen LogP contribution in [-0.2, 0) is 15.7 Å². The summed E-state index contributed by atoms with van der Waals surface area (Å²) in [6.45, 7) is 2.61. The summed E-state index contributed by atoms with van der Waals surface area (Å²) in [5, 5.41) is 5.24. The number of rotatable bonds is 1. The van der Waals surface area contributed by atoms with Crippen LogP contribution in [0.2, 0.25) is 0 Å². The molecule has 0 bridgehead atoms. The van der Waals surface area contributed by atoms with E-state index >= 15 is 0 Å². The van der Waals surface area contributed by atoms with Gasteiger partial charge in [-0.2, -0.15) is 0 Å². The lowest BCUT2D eigenvalue weighted by molar-refractivity contribution is 0.127. The highest BCUT2D eigenvalue weighted by atomic mass is 32.2. The molecule has 0 aliphatic carbocycles. The monoisotopic (exact) mass is 149 g/mol. The number of hydrogen-bond acceptors (Lipinski definition) is 2. The van der Waals surface area contributed by atoms with Crippen molar-refractivity contribution in [3.05, 3.63) is 0 Å². The van der Waals surface area contributed by atoms with Gasteiger partial charge in [-0.05, 0) is 13.3 Å². The molecule has 54 valence electrons. The maximum Gasteiger partial charge on any atom is 0.0946 e. The zero-order valence-electron chi connectivity index (χ0n) is 5.37. The third-order valence-electron chi connectivity index (χ3n) is 1.61. The van der Waals surface area contributed by atoms with Crippen LogP contribution in [0.1, 0.15) is 13.3 Å². The van der Waals surface area contributed by atoms with Gasteiger partial charge in [0.1, 0.15) is 0 Å². The molecule has 1 saturated heterocycles. The Morgan fingerprint density at radius 3 is 2.67 bits per heavy atom. The molecule has 1 rings (SSSR count). The Balaban J connectivity index is 2.49. The molecule has 1 aliphatic heterocycles. The van der Waals surface area contributed by atoms with Crippen LogP contribution in [0.3, 0.4) is 0 Å². The van der Waals surface area contributed by atoms with Crippen LogP contribution < -0.4 is 5.14 Å². The Hall–Kier alpha value is 0.0700. The Morgan fingerprint density at radius 1 is 1.78 bits per heavy atom. The fraction of sp³-hybridized carbons (Fsp3) is 1.00. The lowest BCUT2D eigenvalue weighted by Gasteiger charge is -2.08. The first-order chi connectivity index (χ1) is 4.22. The lowest BCUT2D eigenvalue weighted by atomic mass is 10.3. The fourth-order valence-electron chi connectivity index (χ4n) is 1.02. The van der Waals surface area contributed by atoms with Crippen molar-refractivity contribution in [1.82, 2.24) is 0 Å². The van der Waals surface area contributed by atoms with E-state index in [9.17, 15) is 4.21 Å². The molecule has 0 radical (unpaired) electrons. The second-order valence-electron chi connectivity index (χ2n) is 2.23. The zero-order chi connectivity index (χ0) is 6.85. The van der Waals surface area contributed by atoms with Gasteiger partial charge in [-0.1, -0.05) is 0 Å². The van der Waals surface area contributed by atoms with Gasteiger partial charge in [-0.25, -0.2) is 4.21 Å². The maximum atomic E-state index is 10.7. The first-order valence-electron chi connectivity index (χ1n) is 2.98. The SMILES string of the molecule is CC1OCCC1S(N)=O. The molecule has 1 aliphatic rings. The molecule has 0 aromatic heterocycles. The number of ether oxygens (including phenoxy) is 1. The molecule has 3 atom stereocenters. The highest BCUT2D eigenvalue weighted by Crippen LogP contribution is 2.15. The van der Waals surface area contributed by atoms with E-state index in [0.29, 0.717) is 6.61 Å². The summed E-state index contributed by atoms with van der Waals surface area (Å²) in [4.78, 5) is 0. The molecular formula is C5H11NO2S. The molecule has 0 spiro atoms. The Kier molecular flexibility index (Phi) is 2.21. The van der Waals surface area contributed by atoms with Crippen molar-refractivity contribution in [2.24, 2.45) is 5.14 Å². The zero-order valence-corrected chi connectivity index (χ0v) is 6.19. The van der Waals surface area contributed by atoms with Crippen molar-refractivity contribution in [2.45, 2.75) is 24.7 Å². The van der Waals surface area contributed by atoms with Crippen molar-refractivity contribution in [3.8, 4) is 0 Å². The van der Waals surface area contributed by atoms with Crippen molar-refractivity contribution in [1.29, 1.82) is 0 Å². The van der Waals surface area contributed by atoms with E-state index in [1.807, 2.05) is 6.92 Å². The molecule has 1 fully saturated rings. The van der Waals surface area contributed by atoms with Crippen LogP contribution in [-0.4, -0.2) is 22.2 Å². The van der Waals surface area contributed by atoms with Gasteiger partial charge in [-0.15, -0.1) is 0 Å². The van der Waals surface area contributed by atoms with Crippen LogP contribution in [0, 0.1) is 0 Å². The summed E-state index contributed by atoms with van der Waals surface area (Å²) >= 11 is 0. The molecular weight excluding hydrogens is 138 g/mol. The van der Waals surface area contributed by atoms with E-state index in [1.165, 1.54) is 0 Å². The number of hydrogen-bond donors (Lipinski definition) is 1. The van der Waals surface area contributed by atoms with Crippen LogP contribution in [0.4, 0.5) is 0 Å². The lowest BCUT2D eigenvalue weighted by Crippen LogP contribution is -2.27. The third kappa shape index (κ3) is 1.50. The van der Waals surface area contributed by atoms with Crippen LogP contribution in [0.25, 0.3) is 0 Å². The second-order valence-corrected chi connectivity index (χ2v) is 3.49. The van der Waals surface area contributed by atoms with E-state index in [4.69, 9.17) is 9.88 Å². The smallest absolute Gasteiger partial charge is 0.0946 e. The van der Waals surface area contributed by atoms with Crippen molar-refractivity contribution >= 4 is 11.0 Å². The van der Waals surface area contributed by atoms with Gasteiger partial charge in [0.15, 0.2) is 0 Å². The van der Waals surface area contributed by atoms with Crippen molar-refractivity contribution < 1.29 is 8.95 Å². The van der Waals surface area contributed by atoms with Gasteiger partial charge < -0.3 is 4.74 Å². The van der Waals surface area contributed by atoms with Crippen LogP contribution >= 0.6 is 0 Å². The van der Waals surface area contributed by atoms with Gasteiger partial charge in [0.25, 0.3) is 0 Å². The van der Waals surface area contributed by atoms with E-state index in [2.05, 4.69) is 0 Å². The average Bonchev–Trinajstić information content (AvgIpc) is 2.13. The normalized spacial score (nSPS) is 38.9. The second kappa shape index (κ2) is 2.77. The van der Waals surface area contributed by atoms with Gasteiger partial charge in [0.05, 0.1) is 22.3 Å². The van der Waals surface area contributed by atoms with Crippen LogP contribution in [0.5, 0.6) is 0 Å². The quantitative estimate of drug-likeness (QED) is 0.560. The molecule has 3 unspecified atom stereocenters. The van der Waals surface area contributed by atoms with Gasteiger partial charge in [-0.3, -0.25) is 5.14 Å². The predicted octanol–water partition coefficient (Wildman–Crippen LogP) is -0.214. The molecule has 0 aromatic rings. The van der Waals surface area contributed by atoms with Crippen molar-refractivity contribution in [3.63, 3.8) is 0 Å². The summed E-state index contributed by atoms with van der Waals surface area (Å²) in [5.41, 5.74) is 0. The summed E-state index contributed by atoms with van der Waals surface area (Å²) in [6.07, 6.45) is 0.917. The van der Waals surface area contributed by atoms with Crippen LogP contribution in [0.15, 0.2) is 0 Å². The Bertz CT molecular complexity index is 128. The Morgan fingerprint density at radius 2 is 2.44 bits per heavy atom. The molecule has 4 heteroatoms. The minimum Gasteiger partial charge on any atom is -0.377 e. The highest BCUT2D eigenvalue weighted by Gasteiger charge is 2.27. The van der Waals surface area contributed by atoms with Gasteiger partial charge in [0.2, 0.25) is 0 Å².